The number of amides is 1. The van der Waals surface area contributed by atoms with E-state index in [2.05, 4.69) is 52.3 Å². The predicted octanol–water partition coefficient (Wildman–Crippen LogP) is 3.73. The van der Waals surface area contributed by atoms with Gasteiger partial charge in [0.25, 0.3) is 5.91 Å². The number of nitrogens with zero attached hydrogens (tertiary/aromatic N) is 2. The fraction of sp³-hybridized carbons (Fsp3) is 0.478. The molecular weight excluding hydrogens is 521 g/mol. The Morgan fingerprint density at radius 1 is 1.13 bits per heavy atom. The first-order chi connectivity index (χ1) is 14.7. The summed E-state index contributed by atoms with van der Waals surface area (Å²) < 4.78 is 0. The Hall–Kier alpha value is -1.65. The normalized spacial score (nSPS) is 19.4. The lowest BCUT2D eigenvalue weighted by Crippen LogP contribution is -2.42. The van der Waals surface area contributed by atoms with E-state index < -0.39 is 0 Å². The van der Waals surface area contributed by atoms with Gasteiger partial charge in [-0.1, -0.05) is 24.3 Å². The van der Waals surface area contributed by atoms with Crippen molar-refractivity contribution in [2.24, 2.45) is 10.9 Å². The average Bonchev–Trinajstić information content (AvgIpc) is 3.29. The van der Waals surface area contributed by atoms with Crippen LogP contribution >= 0.6 is 35.3 Å². The van der Waals surface area contributed by atoms with Crippen LogP contribution in [0.3, 0.4) is 0 Å². The summed E-state index contributed by atoms with van der Waals surface area (Å²) in [6, 6.07) is 14.1. The van der Waals surface area contributed by atoms with Crippen LogP contribution in [0.2, 0.25) is 0 Å². The molecule has 2 aromatic rings. The van der Waals surface area contributed by atoms with Gasteiger partial charge >= 0.3 is 0 Å². The van der Waals surface area contributed by atoms with Crippen LogP contribution in [0.5, 0.6) is 0 Å². The monoisotopic (exact) mass is 555 g/mol. The molecule has 31 heavy (non-hydrogen) atoms. The van der Waals surface area contributed by atoms with Gasteiger partial charge in [-0.3, -0.25) is 14.7 Å². The van der Waals surface area contributed by atoms with E-state index in [1.165, 1.54) is 17.7 Å². The molecule has 1 aromatic heterocycles. The number of aliphatic imine (C=N–C) groups is 1. The molecule has 0 bridgehead atoms. The average molecular weight is 556 g/mol. The Morgan fingerprint density at radius 2 is 1.90 bits per heavy atom. The minimum atomic E-state index is -0.0524. The van der Waals surface area contributed by atoms with E-state index in [0.717, 1.165) is 25.6 Å². The lowest BCUT2D eigenvalue weighted by atomic mass is 9.88. The maximum absolute atomic E-state index is 12.1. The number of carbonyl (C=O) groups excluding carboxylic acids is 1. The molecule has 8 heteroatoms. The van der Waals surface area contributed by atoms with E-state index in [4.69, 9.17) is 4.99 Å². The molecule has 6 nitrogen and oxygen atoms in total. The van der Waals surface area contributed by atoms with Gasteiger partial charge in [-0.25, -0.2) is 0 Å². The van der Waals surface area contributed by atoms with Crippen molar-refractivity contribution in [3.05, 3.63) is 58.3 Å². The predicted molar refractivity (Wildman–Crippen MR) is 141 cm³/mol. The van der Waals surface area contributed by atoms with Crippen LogP contribution < -0.4 is 16.0 Å². The number of benzene rings is 1. The summed E-state index contributed by atoms with van der Waals surface area (Å²) >= 11 is 1.84. The lowest BCUT2D eigenvalue weighted by molar-refractivity contribution is 0.0954. The molecule has 1 saturated heterocycles. The molecule has 0 spiro atoms. The third-order valence-corrected chi connectivity index (χ3v) is 6.35. The summed E-state index contributed by atoms with van der Waals surface area (Å²) in [5, 5.41) is 11.8. The second-order valence-electron chi connectivity index (χ2n) is 7.61. The molecule has 170 valence electrons. The van der Waals surface area contributed by atoms with E-state index >= 15 is 0 Å². The van der Waals surface area contributed by atoms with Crippen molar-refractivity contribution in [3.63, 3.8) is 0 Å². The second kappa shape index (κ2) is 13.7. The summed E-state index contributed by atoms with van der Waals surface area (Å²) in [5.74, 6) is 1.27. The zero-order valence-electron chi connectivity index (χ0n) is 18.3. The number of hydrogen-bond donors (Lipinski definition) is 3. The van der Waals surface area contributed by atoms with E-state index in [-0.39, 0.29) is 29.9 Å². The van der Waals surface area contributed by atoms with Crippen molar-refractivity contribution < 1.29 is 4.79 Å². The van der Waals surface area contributed by atoms with Crippen LogP contribution in [0.15, 0.2) is 52.8 Å². The maximum atomic E-state index is 12.1. The van der Waals surface area contributed by atoms with E-state index in [0.29, 0.717) is 30.6 Å². The number of guanidine groups is 1. The third kappa shape index (κ3) is 7.76. The Kier molecular flexibility index (Phi) is 11.3. The topological polar surface area (TPSA) is 68.8 Å². The van der Waals surface area contributed by atoms with Crippen LogP contribution in [0.1, 0.15) is 41.0 Å². The highest BCUT2D eigenvalue weighted by molar-refractivity contribution is 14.0. The zero-order valence-corrected chi connectivity index (χ0v) is 21.5. The Labute approximate surface area is 206 Å². The number of thiophene rings is 1. The van der Waals surface area contributed by atoms with Gasteiger partial charge < -0.3 is 16.0 Å². The van der Waals surface area contributed by atoms with Gasteiger partial charge in [-0.05, 0) is 62.9 Å². The van der Waals surface area contributed by atoms with Gasteiger partial charge in [0.05, 0.1) is 0 Å². The van der Waals surface area contributed by atoms with E-state index in [9.17, 15) is 4.79 Å². The SMILES string of the molecule is CCNC(=NCC1CCCN(C)C1c1cccs1)NCCNC(=O)c1ccccc1.I. The highest BCUT2D eigenvalue weighted by Crippen LogP contribution is 2.37. The number of rotatable bonds is 8. The van der Waals surface area contributed by atoms with Crippen LogP contribution in [0.25, 0.3) is 0 Å². The summed E-state index contributed by atoms with van der Waals surface area (Å²) in [6.07, 6.45) is 2.41. The van der Waals surface area contributed by atoms with Crippen molar-refractivity contribution in [2.45, 2.75) is 25.8 Å². The van der Waals surface area contributed by atoms with Crippen LogP contribution in [-0.4, -0.2) is 56.5 Å². The van der Waals surface area contributed by atoms with Crippen molar-refractivity contribution in [1.29, 1.82) is 0 Å². The van der Waals surface area contributed by atoms with Gasteiger partial charge in [0.2, 0.25) is 0 Å². The number of likely N-dealkylation sites (tertiary alicyclic amines) is 1. The number of nitrogens with one attached hydrogen (secondary N) is 3. The molecule has 0 saturated carbocycles. The molecule has 2 heterocycles. The van der Waals surface area contributed by atoms with E-state index in [1.54, 1.807) is 0 Å². The van der Waals surface area contributed by atoms with Gasteiger partial charge in [0.15, 0.2) is 5.96 Å². The molecule has 2 unspecified atom stereocenters. The molecule has 1 aromatic carbocycles. The molecule has 1 aliphatic heterocycles. The summed E-state index contributed by atoms with van der Waals surface area (Å²) in [5.41, 5.74) is 0.680. The van der Waals surface area contributed by atoms with Gasteiger partial charge in [0.1, 0.15) is 0 Å². The van der Waals surface area contributed by atoms with Crippen molar-refractivity contribution >= 4 is 47.2 Å². The molecule has 0 aliphatic carbocycles. The van der Waals surface area contributed by atoms with Crippen LogP contribution in [0, 0.1) is 5.92 Å². The molecule has 3 N–H and O–H groups in total. The molecule has 1 aliphatic rings. The largest absolute Gasteiger partial charge is 0.357 e. The second-order valence-corrected chi connectivity index (χ2v) is 8.59. The Morgan fingerprint density at radius 3 is 2.61 bits per heavy atom. The Bertz CT molecular complexity index is 800. The molecular formula is C23H34IN5OS. The van der Waals surface area contributed by atoms with Crippen LogP contribution in [-0.2, 0) is 0 Å². The fourth-order valence-corrected chi connectivity index (χ4v) is 4.94. The highest BCUT2D eigenvalue weighted by atomic mass is 127. The van der Waals surface area contributed by atoms with Crippen LogP contribution in [0.4, 0.5) is 0 Å². The lowest BCUT2D eigenvalue weighted by Gasteiger charge is -2.38. The number of piperidine rings is 1. The summed E-state index contributed by atoms with van der Waals surface area (Å²) in [6.45, 7) is 5.98. The smallest absolute Gasteiger partial charge is 0.251 e. The third-order valence-electron chi connectivity index (χ3n) is 5.41. The van der Waals surface area contributed by atoms with Crippen molar-refractivity contribution in [3.8, 4) is 0 Å². The van der Waals surface area contributed by atoms with Gasteiger partial charge in [-0.15, -0.1) is 35.3 Å². The van der Waals surface area contributed by atoms with Crippen molar-refractivity contribution in [2.75, 3.05) is 39.8 Å². The number of carbonyl (C=O) groups is 1. The first-order valence-electron chi connectivity index (χ1n) is 10.8. The highest BCUT2D eigenvalue weighted by Gasteiger charge is 2.31. The van der Waals surface area contributed by atoms with E-state index in [1.807, 2.05) is 41.7 Å². The summed E-state index contributed by atoms with van der Waals surface area (Å²) in [4.78, 5) is 20.9. The first kappa shape index (κ1) is 25.6. The Balaban J connectivity index is 0.00000341. The van der Waals surface area contributed by atoms with Gasteiger partial charge in [0, 0.05) is 42.7 Å². The summed E-state index contributed by atoms with van der Waals surface area (Å²) in [7, 11) is 2.22. The standard InChI is InChI=1S/C23H33N5OS.HI/c1-3-24-23(26-14-13-25-22(29)18-9-5-4-6-10-18)27-17-19-11-7-15-28(2)21(19)20-12-8-16-30-20;/h4-6,8-10,12,16,19,21H,3,7,11,13-15,17H2,1-2H3,(H,25,29)(H2,24,26,27);1H. The fourth-order valence-electron chi connectivity index (χ4n) is 3.96. The molecule has 3 rings (SSSR count). The maximum Gasteiger partial charge on any atom is 0.251 e. The molecule has 1 fully saturated rings. The first-order valence-corrected chi connectivity index (χ1v) is 11.7. The number of hydrogen-bond acceptors (Lipinski definition) is 4. The molecule has 2 atom stereocenters. The number of halogens is 1. The quantitative estimate of drug-likeness (QED) is 0.201. The van der Waals surface area contributed by atoms with Gasteiger partial charge in [-0.2, -0.15) is 0 Å². The molecule has 1 amide bonds. The van der Waals surface area contributed by atoms with Crippen molar-refractivity contribution in [1.82, 2.24) is 20.9 Å². The molecule has 0 radical (unpaired) electrons. The zero-order chi connectivity index (χ0) is 21.2. The minimum absolute atomic E-state index is 0. The minimum Gasteiger partial charge on any atom is -0.357 e.